The first-order valence-corrected chi connectivity index (χ1v) is 7.60. The summed E-state index contributed by atoms with van der Waals surface area (Å²) in [6.45, 7) is 2.52. The van der Waals surface area contributed by atoms with Crippen molar-refractivity contribution in [3.63, 3.8) is 0 Å². The smallest absolute Gasteiger partial charge is 0.311 e. The molecule has 0 radical (unpaired) electrons. The molecule has 7 heteroatoms. The molecule has 6 nitrogen and oxygen atoms in total. The number of nitro benzene ring substituents is 1. The summed E-state index contributed by atoms with van der Waals surface area (Å²) in [7, 11) is 1.40. The van der Waals surface area contributed by atoms with E-state index in [4.69, 9.17) is 4.74 Å². The Kier molecular flexibility index (Phi) is 5.12. The minimum atomic E-state index is -0.966. The lowest BCUT2D eigenvalue weighted by atomic mass is 10.1. The summed E-state index contributed by atoms with van der Waals surface area (Å²) in [6, 6.07) is 8.59. The molecule has 0 spiro atoms. The van der Waals surface area contributed by atoms with Crippen molar-refractivity contribution in [2.45, 2.75) is 19.1 Å². The number of methoxy groups -OCH3 is 1. The molecule has 0 amide bonds. The number of hydrogen-bond donors (Lipinski definition) is 2. The molecule has 0 saturated carbocycles. The highest BCUT2D eigenvalue weighted by Crippen LogP contribution is 2.28. The first kappa shape index (κ1) is 16.4. The van der Waals surface area contributed by atoms with Gasteiger partial charge in [-0.1, -0.05) is 12.1 Å². The van der Waals surface area contributed by atoms with Gasteiger partial charge in [0.25, 0.3) is 0 Å². The van der Waals surface area contributed by atoms with Crippen LogP contribution in [0.2, 0.25) is 0 Å². The first-order chi connectivity index (χ1) is 10.4. The van der Waals surface area contributed by atoms with E-state index in [2.05, 4.69) is 5.32 Å². The van der Waals surface area contributed by atoms with Gasteiger partial charge in [0.2, 0.25) is 0 Å². The summed E-state index contributed by atoms with van der Waals surface area (Å²) < 4.78 is 4.97. The molecule has 22 heavy (non-hydrogen) atoms. The average Bonchev–Trinajstić information content (AvgIpc) is 3.02. The van der Waals surface area contributed by atoms with Crippen molar-refractivity contribution in [3.05, 3.63) is 56.3 Å². The van der Waals surface area contributed by atoms with Gasteiger partial charge in [-0.05, 0) is 30.0 Å². The lowest BCUT2D eigenvalue weighted by Crippen LogP contribution is -2.34. The van der Waals surface area contributed by atoms with Gasteiger partial charge >= 0.3 is 5.69 Å². The third-order valence-corrected chi connectivity index (χ3v) is 4.41. The maximum atomic E-state index is 11.0. The van der Waals surface area contributed by atoms with E-state index in [0.29, 0.717) is 13.1 Å². The summed E-state index contributed by atoms with van der Waals surface area (Å²) in [5.74, 6) is 0.235. The van der Waals surface area contributed by atoms with Crippen LogP contribution in [0, 0.1) is 10.1 Å². The summed E-state index contributed by atoms with van der Waals surface area (Å²) >= 11 is 1.49. The Hall–Kier alpha value is -1.96. The number of nitrogens with zero attached hydrogens (tertiary/aromatic N) is 1. The van der Waals surface area contributed by atoms with Crippen LogP contribution in [0.5, 0.6) is 5.75 Å². The molecular weight excluding hydrogens is 304 g/mol. The zero-order valence-corrected chi connectivity index (χ0v) is 13.2. The highest BCUT2D eigenvalue weighted by molar-refractivity contribution is 7.10. The molecule has 1 aromatic heterocycles. The Bertz CT molecular complexity index is 641. The van der Waals surface area contributed by atoms with Crippen LogP contribution >= 0.6 is 11.3 Å². The second kappa shape index (κ2) is 6.87. The molecule has 0 bridgehead atoms. The molecule has 2 N–H and O–H groups in total. The van der Waals surface area contributed by atoms with Gasteiger partial charge in [0.05, 0.1) is 12.0 Å². The second-order valence-corrected chi connectivity index (χ2v) is 6.07. The zero-order chi connectivity index (χ0) is 16.2. The lowest BCUT2D eigenvalue weighted by molar-refractivity contribution is -0.385. The highest BCUT2D eigenvalue weighted by atomic mass is 32.1. The van der Waals surface area contributed by atoms with E-state index in [0.717, 1.165) is 10.4 Å². The molecule has 1 aromatic carbocycles. The van der Waals surface area contributed by atoms with Crippen LogP contribution in [0.1, 0.15) is 17.4 Å². The van der Waals surface area contributed by atoms with Crippen LogP contribution in [0.25, 0.3) is 0 Å². The van der Waals surface area contributed by atoms with E-state index in [1.54, 1.807) is 19.1 Å². The van der Waals surface area contributed by atoms with E-state index in [-0.39, 0.29) is 11.4 Å². The quantitative estimate of drug-likeness (QED) is 0.605. The number of thiophene rings is 1. The lowest BCUT2D eigenvalue weighted by Gasteiger charge is -2.22. The molecule has 1 heterocycles. The minimum absolute atomic E-state index is 0.0631. The minimum Gasteiger partial charge on any atom is -0.490 e. The number of nitro groups is 1. The normalized spacial score (nSPS) is 13.6. The van der Waals surface area contributed by atoms with Crippen LogP contribution in [0.3, 0.4) is 0 Å². The van der Waals surface area contributed by atoms with Crippen LogP contribution in [-0.2, 0) is 12.1 Å². The topological polar surface area (TPSA) is 84.6 Å². The number of rotatable bonds is 7. The summed E-state index contributed by atoms with van der Waals surface area (Å²) in [5, 5.41) is 26.4. The van der Waals surface area contributed by atoms with Crippen molar-refractivity contribution in [2.75, 3.05) is 13.7 Å². The fraction of sp³-hybridized carbons (Fsp3) is 0.333. The first-order valence-electron chi connectivity index (χ1n) is 6.72. The number of aliphatic hydroxyl groups is 1. The summed E-state index contributed by atoms with van der Waals surface area (Å²) in [6.07, 6.45) is 0. The van der Waals surface area contributed by atoms with Crippen LogP contribution < -0.4 is 10.1 Å². The van der Waals surface area contributed by atoms with Crippen LogP contribution in [-0.4, -0.2) is 23.7 Å². The van der Waals surface area contributed by atoms with E-state index < -0.39 is 10.5 Å². The zero-order valence-electron chi connectivity index (χ0n) is 12.4. The van der Waals surface area contributed by atoms with Crippen molar-refractivity contribution in [2.24, 2.45) is 0 Å². The molecule has 0 fully saturated rings. The summed E-state index contributed by atoms with van der Waals surface area (Å²) in [4.78, 5) is 11.4. The molecule has 0 aliphatic heterocycles. The Balaban J connectivity index is 2.00. The van der Waals surface area contributed by atoms with Crippen molar-refractivity contribution in [3.8, 4) is 5.75 Å². The van der Waals surface area contributed by atoms with Gasteiger partial charge in [0, 0.05) is 24.0 Å². The Morgan fingerprint density at radius 1 is 1.45 bits per heavy atom. The van der Waals surface area contributed by atoms with E-state index >= 15 is 0 Å². The number of hydrogen-bond acceptors (Lipinski definition) is 6. The molecule has 118 valence electrons. The standard InChI is InChI=1S/C15H18N2O4S/c1-15(18,14-4-3-7-22-14)10-16-9-11-5-6-13(21-2)12(8-11)17(19)20/h3-8,16,18H,9-10H2,1-2H3. The van der Waals surface area contributed by atoms with Gasteiger partial charge < -0.3 is 15.2 Å². The molecule has 1 unspecified atom stereocenters. The molecule has 2 rings (SSSR count). The third-order valence-electron chi connectivity index (χ3n) is 3.29. The van der Waals surface area contributed by atoms with Crippen LogP contribution in [0.15, 0.2) is 35.7 Å². The van der Waals surface area contributed by atoms with Crippen molar-refractivity contribution in [1.82, 2.24) is 5.32 Å². The Morgan fingerprint density at radius 2 is 2.23 bits per heavy atom. The largest absolute Gasteiger partial charge is 0.490 e. The third kappa shape index (κ3) is 3.82. The number of ether oxygens (including phenoxy) is 1. The molecule has 0 saturated heterocycles. The maximum Gasteiger partial charge on any atom is 0.311 e. The molecule has 1 atom stereocenters. The second-order valence-electron chi connectivity index (χ2n) is 5.12. The van der Waals surface area contributed by atoms with E-state index in [1.165, 1.54) is 24.5 Å². The predicted molar refractivity (Wildman–Crippen MR) is 85.2 cm³/mol. The number of nitrogens with one attached hydrogen (secondary N) is 1. The van der Waals surface area contributed by atoms with E-state index in [1.807, 2.05) is 17.5 Å². The fourth-order valence-electron chi connectivity index (χ4n) is 2.11. The Morgan fingerprint density at radius 3 is 2.82 bits per heavy atom. The van der Waals surface area contributed by atoms with Crippen molar-refractivity contribution < 1.29 is 14.8 Å². The van der Waals surface area contributed by atoms with Crippen molar-refractivity contribution >= 4 is 17.0 Å². The van der Waals surface area contributed by atoms with Gasteiger partial charge in [-0.25, -0.2) is 0 Å². The highest BCUT2D eigenvalue weighted by Gasteiger charge is 2.23. The van der Waals surface area contributed by atoms with Gasteiger partial charge in [0.15, 0.2) is 5.75 Å². The number of benzene rings is 1. The van der Waals surface area contributed by atoms with Gasteiger partial charge in [-0.2, -0.15) is 0 Å². The predicted octanol–water partition coefficient (Wildman–Crippen LogP) is 2.66. The monoisotopic (exact) mass is 322 g/mol. The van der Waals surface area contributed by atoms with Gasteiger partial charge in [-0.3, -0.25) is 10.1 Å². The van der Waals surface area contributed by atoms with Crippen LogP contribution in [0.4, 0.5) is 5.69 Å². The van der Waals surface area contributed by atoms with Gasteiger partial charge in [0.1, 0.15) is 5.60 Å². The summed E-state index contributed by atoms with van der Waals surface area (Å²) in [5.41, 5.74) is -0.270. The molecular formula is C15H18N2O4S. The SMILES string of the molecule is COc1ccc(CNCC(C)(O)c2cccs2)cc1[N+](=O)[O-]. The maximum absolute atomic E-state index is 11.0. The van der Waals surface area contributed by atoms with Gasteiger partial charge in [-0.15, -0.1) is 11.3 Å². The molecule has 2 aromatic rings. The molecule has 0 aliphatic rings. The van der Waals surface area contributed by atoms with Crippen molar-refractivity contribution in [1.29, 1.82) is 0 Å². The fourth-order valence-corrected chi connectivity index (χ4v) is 2.90. The Labute approximate surface area is 132 Å². The van der Waals surface area contributed by atoms with E-state index in [9.17, 15) is 15.2 Å². The molecule has 0 aliphatic carbocycles. The average molecular weight is 322 g/mol.